The van der Waals surface area contributed by atoms with Crippen LogP contribution in [0.5, 0.6) is 0 Å². The van der Waals surface area contributed by atoms with Gasteiger partial charge < -0.3 is 10.6 Å². The number of hydrogen-bond acceptors (Lipinski definition) is 3. The van der Waals surface area contributed by atoms with Gasteiger partial charge in [0.15, 0.2) is 0 Å². The van der Waals surface area contributed by atoms with Crippen molar-refractivity contribution < 1.29 is 4.79 Å². The summed E-state index contributed by atoms with van der Waals surface area (Å²) in [6.07, 6.45) is 9.17. The van der Waals surface area contributed by atoms with Crippen LogP contribution in [0.2, 0.25) is 10.0 Å². The van der Waals surface area contributed by atoms with Crippen molar-refractivity contribution in [3.05, 3.63) is 40.0 Å². The monoisotopic (exact) mass is 417 g/mol. The Labute approximate surface area is 176 Å². The summed E-state index contributed by atoms with van der Waals surface area (Å²) in [5.74, 6) is 2.15. The van der Waals surface area contributed by atoms with Gasteiger partial charge in [0.2, 0.25) is 0 Å². The third-order valence-corrected chi connectivity index (χ3v) is 7.40. The standard InChI is InChI=1S/C22H25Cl2N3O/c1-13(22-8-14-2-15(9-22)4-16(3-14)10-22)27-21(28)17(11-25)12-26-20-6-18(23)5-19(24)7-20/h5-7,12-16,26H,2-4,8-10H2,1H3,(H,27,28)/b17-12-. The second-order valence-corrected chi connectivity index (χ2v) is 9.82. The molecule has 0 saturated heterocycles. The van der Waals surface area contributed by atoms with Gasteiger partial charge in [0.25, 0.3) is 5.91 Å². The molecule has 4 nitrogen and oxygen atoms in total. The molecular weight excluding hydrogens is 393 g/mol. The van der Waals surface area contributed by atoms with Crippen molar-refractivity contribution in [3.63, 3.8) is 0 Å². The fourth-order valence-corrected chi connectivity index (χ4v) is 6.60. The van der Waals surface area contributed by atoms with Gasteiger partial charge in [-0.25, -0.2) is 0 Å². The van der Waals surface area contributed by atoms with Gasteiger partial charge in [-0.1, -0.05) is 23.2 Å². The molecule has 1 aromatic rings. The third kappa shape index (κ3) is 3.88. The lowest BCUT2D eigenvalue weighted by atomic mass is 9.48. The molecule has 0 spiro atoms. The van der Waals surface area contributed by atoms with Crippen molar-refractivity contribution in [1.82, 2.24) is 5.32 Å². The minimum absolute atomic E-state index is 0.0488. The van der Waals surface area contributed by atoms with E-state index >= 15 is 0 Å². The van der Waals surface area contributed by atoms with Gasteiger partial charge in [0.1, 0.15) is 11.6 Å². The Morgan fingerprint density at radius 1 is 1.14 bits per heavy atom. The molecule has 1 atom stereocenters. The number of amides is 1. The smallest absolute Gasteiger partial charge is 0.263 e. The van der Waals surface area contributed by atoms with Crippen molar-refractivity contribution in [2.75, 3.05) is 5.32 Å². The third-order valence-electron chi connectivity index (χ3n) is 6.96. The van der Waals surface area contributed by atoms with Crippen LogP contribution in [0, 0.1) is 34.5 Å². The number of halogens is 2. The van der Waals surface area contributed by atoms with E-state index in [2.05, 4.69) is 17.6 Å². The molecule has 4 saturated carbocycles. The zero-order valence-corrected chi connectivity index (χ0v) is 17.5. The van der Waals surface area contributed by atoms with Crippen LogP contribution in [0.4, 0.5) is 5.69 Å². The van der Waals surface area contributed by atoms with Crippen LogP contribution >= 0.6 is 23.2 Å². The highest BCUT2D eigenvalue weighted by Crippen LogP contribution is 2.61. The number of nitriles is 1. The molecule has 0 radical (unpaired) electrons. The topological polar surface area (TPSA) is 64.9 Å². The van der Waals surface area contributed by atoms with Crippen molar-refractivity contribution >= 4 is 34.8 Å². The molecule has 1 unspecified atom stereocenters. The van der Waals surface area contributed by atoms with Crippen LogP contribution in [-0.4, -0.2) is 11.9 Å². The lowest BCUT2D eigenvalue weighted by molar-refractivity contribution is -0.122. The molecule has 1 amide bonds. The van der Waals surface area contributed by atoms with E-state index < -0.39 is 0 Å². The van der Waals surface area contributed by atoms with Crippen LogP contribution in [-0.2, 0) is 4.79 Å². The number of carbonyl (C=O) groups excluding carboxylic acids is 1. The van der Waals surface area contributed by atoms with Crippen molar-refractivity contribution in [3.8, 4) is 6.07 Å². The Morgan fingerprint density at radius 3 is 2.18 bits per heavy atom. The first-order valence-electron chi connectivity index (χ1n) is 10.0. The van der Waals surface area contributed by atoms with Crippen molar-refractivity contribution in [2.24, 2.45) is 23.2 Å². The summed E-state index contributed by atoms with van der Waals surface area (Å²) in [5.41, 5.74) is 0.888. The molecular formula is C22H25Cl2N3O. The van der Waals surface area contributed by atoms with Crippen LogP contribution in [0.15, 0.2) is 30.0 Å². The molecule has 1 aromatic carbocycles. The van der Waals surface area contributed by atoms with E-state index in [4.69, 9.17) is 23.2 Å². The van der Waals surface area contributed by atoms with Gasteiger partial charge in [-0.15, -0.1) is 0 Å². The highest BCUT2D eigenvalue weighted by molar-refractivity contribution is 6.35. The summed E-state index contributed by atoms with van der Waals surface area (Å²) >= 11 is 12.0. The molecule has 28 heavy (non-hydrogen) atoms. The number of nitrogens with one attached hydrogen (secondary N) is 2. The summed E-state index contributed by atoms with van der Waals surface area (Å²) in [5, 5.41) is 16.5. The Kier molecular flexibility index (Phi) is 5.33. The largest absolute Gasteiger partial charge is 0.360 e. The van der Waals surface area contributed by atoms with Crippen molar-refractivity contribution in [1.29, 1.82) is 5.26 Å². The number of carbonyl (C=O) groups is 1. The van der Waals surface area contributed by atoms with Crippen molar-refractivity contribution in [2.45, 2.75) is 51.5 Å². The Balaban J connectivity index is 1.43. The minimum atomic E-state index is -0.327. The fourth-order valence-electron chi connectivity index (χ4n) is 6.08. The SMILES string of the molecule is CC(NC(=O)/C(C#N)=C\Nc1cc(Cl)cc(Cl)c1)C12CC3CC(CC(C3)C1)C2. The first-order valence-corrected chi connectivity index (χ1v) is 10.8. The lowest BCUT2D eigenvalue weighted by Gasteiger charge is -2.59. The normalized spacial score (nSPS) is 31.9. The average molecular weight is 418 g/mol. The second kappa shape index (κ2) is 7.61. The van der Waals surface area contributed by atoms with E-state index in [9.17, 15) is 10.1 Å². The van der Waals surface area contributed by atoms with E-state index in [1.807, 2.05) is 6.07 Å². The molecule has 6 heteroatoms. The van der Waals surface area contributed by atoms with E-state index in [0.29, 0.717) is 15.7 Å². The molecule has 4 fully saturated rings. The Morgan fingerprint density at radius 2 is 1.68 bits per heavy atom. The summed E-state index contributed by atoms with van der Waals surface area (Å²) < 4.78 is 0. The zero-order chi connectivity index (χ0) is 19.9. The Hall–Kier alpha value is -1.70. The maximum Gasteiger partial charge on any atom is 0.263 e. The average Bonchev–Trinajstić information content (AvgIpc) is 2.60. The van der Waals surface area contributed by atoms with E-state index in [0.717, 1.165) is 17.8 Å². The minimum Gasteiger partial charge on any atom is -0.360 e. The van der Waals surface area contributed by atoms with Crippen LogP contribution in [0.1, 0.15) is 45.4 Å². The van der Waals surface area contributed by atoms with Crippen LogP contribution in [0.25, 0.3) is 0 Å². The first kappa shape index (κ1) is 19.6. The maximum absolute atomic E-state index is 12.7. The summed E-state index contributed by atoms with van der Waals surface area (Å²) in [6.45, 7) is 2.12. The fraction of sp³-hybridized carbons (Fsp3) is 0.545. The van der Waals surface area contributed by atoms with Gasteiger partial charge in [-0.2, -0.15) is 5.26 Å². The predicted octanol–water partition coefficient (Wildman–Crippen LogP) is 5.53. The molecule has 2 N–H and O–H groups in total. The van der Waals surface area contributed by atoms with E-state index in [1.54, 1.807) is 18.2 Å². The maximum atomic E-state index is 12.7. The molecule has 148 valence electrons. The molecule has 4 aliphatic rings. The molecule has 0 aromatic heterocycles. The molecule has 4 aliphatic carbocycles. The Bertz CT molecular complexity index is 802. The molecule has 0 aliphatic heterocycles. The van der Waals surface area contributed by atoms with Crippen LogP contribution < -0.4 is 10.6 Å². The molecule has 0 heterocycles. The molecule has 4 bridgehead atoms. The van der Waals surface area contributed by atoms with Crippen LogP contribution in [0.3, 0.4) is 0 Å². The van der Waals surface area contributed by atoms with E-state index in [-0.39, 0.29) is 22.9 Å². The molecule has 5 rings (SSSR count). The number of hydrogen-bond donors (Lipinski definition) is 2. The van der Waals surface area contributed by atoms with Gasteiger partial charge >= 0.3 is 0 Å². The number of benzene rings is 1. The highest BCUT2D eigenvalue weighted by Gasteiger charge is 2.53. The van der Waals surface area contributed by atoms with E-state index in [1.165, 1.54) is 44.7 Å². The first-order chi connectivity index (χ1) is 13.4. The summed E-state index contributed by atoms with van der Waals surface area (Å²) in [7, 11) is 0. The number of rotatable bonds is 5. The second-order valence-electron chi connectivity index (χ2n) is 8.95. The predicted molar refractivity (Wildman–Crippen MR) is 112 cm³/mol. The number of nitrogens with zero attached hydrogens (tertiary/aromatic N) is 1. The van der Waals surface area contributed by atoms with Gasteiger partial charge in [-0.3, -0.25) is 4.79 Å². The number of anilines is 1. The van der Waals surface area contributed by atoms with Gasteiger partial charge in [-0.05, 0) is 86.8 Å². The highest BCUT2D eigenvalue weighted by atomic mass is 35.5. The lowest BCUT2D eigenvalue weighted by Crippen LogP contribution is -2.56. The quantitative estimate of drug-likeness (QED) is 0.488. The van der Waals surface area contributed by atoms with Gasteiger partial charge in [0, 0.05) is 28.0 Å². The zero-order valence-electron chi connectivity index (χ0n) is 16.0. The summed E-state index contributed by atoms with van der Waals surface area (Å²) in [4.78, 5) is 12.7. The van der Waals surface area contributed by atoms with Gasteiger partial charge in [0.05, 0.1) is 0 Å². The summed E-state index contributed by atoms with van der Waals surface area (Å²) in [6, 6.07) is 7.08.